The Kier molecular flexibility index (Phi) is 11.6. The predicted octanol–water partition coefficient (Wildman–Crippen LogP) is 2.88. The van der Waals surface area contributed by atoms with E-state index < -0.39 is 40.4 Å². The molecule has 6 atom stereocenters. The first-order valence-corrected chi connectivity index (χ1v) is 16.9. The van der Waals surface area contributed by atoms with Crippen molar-refractivity contribution < 1.29 is 37.7 Å². The van der Waals surface area contributed by atoms with Gasteiger partial charge in [0.1, 0.15) is 12.2 Å². The summed E-state index contributed by atoms with van der Waals surface area (Å²) in [5, 5.41) is 20.4. The molecule has 2 saturated heterocycles. The van der Waals surface area contributed by atoms with E-state index >= 15 is 0 Å². The number of aliphatic hydroxyl groups is 2. The summed E-state index contributed by atoms with van der Waals surface area (Å²) >= 11 is 0. The van der Waals surface area contributed by atoms with Gasteiger partial charge in [-0.25, -0.2) is 13.2 Å². The van der Waals surface area contributed by atoms with Gasteiger partial charge in [-0.3, -0.25) is 4.79 Å². The molecule has 44 heavy (non-hydrogen) atoms. The van der Waals surface area contributed by atoms with Crippen molar-refractivity contribution in [2.75, 3.05) is 46.3 Å². The number of ether oxygens (including phenoxy) is 2. The smallest absolute Gasteiger partial charge is 0.410 e. The highest BCUT2D eigenvalue weighted by molar-refractivity contribution is 7.89. The molecule has 0 bridgehead atoms. The Morgan fingerprint density at radius 2 is 1.75 bits per heavy atom. The molecule has 2 fully saturated rings. The first-order chi connectivity index (χ1) is 20.8. The summed E-state index contributed by atoms with van der Waals surface area (Å²) in [7, 11) is -1.75. The molecule has 3 aliphatic rings. The molecule has 3 heterocycles. The molecule has 11 nitrogen and oxygen atoms in total. The van der Waals surface area contributed by atoms with E-state index in [4.69, 9.17) is 9.47 Å². The minimum absolute atomic E-state index is 0.0689. The maximum atomic E-state index is 13.2. The second-order valence-corrected chi connectivity index (χ2v) is 14.4. The normalized spacial score (nSPS) is 31.1. The quantitative estimate of drug-likeness (QED) is 0.371. The Morgan fingerprint density at radius 1 is 1.02 bits per heavy atom. The van der Waals surface area contributed by atoms with Gasteiger partial charge in [0.2, 0.25) is 10.0 Å². The van der Waals surface area contributed by atoms with Crippen LogP contribution in [-0.2, 0) is 24.3 Å². The molecule has 12 heteroatoms. The number of likely N-dealkylation sites (N-methyl/N-ethyl adjacent to an activating group) is 1. The van der Waals surface area contributed by atoms with Crippen LogP contribution in [0.3, 0.4) is 0 Å². The molecule has 244 valence electrons. The third-order valence-corrected chi connectivity index (χ3v) is 10.6. The molecule has 1 aromatic carbocycles. The number of rotatable bonds is 5. The fourth-order valence-corrected chi connectivity index (χ4v) is 7.37. The molecule has 0 unspecified atom stereocenters. The zero-order valence-electron chi connectivity index (χ0n) is 26.2. The number of nitrogens with zero attached hydrogens (tertiary/aromatic N) is 3. The number of benzene rings is 1. The van der Waals surface area contributed by atoms with E-state index in [0.29, 0.717) is 43.5 Å². The van der Waals surface area contributed by atoms with Gasteiger partial charge in [-0.15, -0.1) is 0 Å². The number of carbonyl (C=O) groups is 2. The Balaban J connectivity index is 1.56. The Morgan fingerprint density at radius 3 is 2.43 bits per heavy atom. The van der Waals surface area contributed by atoms with E-state index in [0.717, 1.165) is 13.1 Å². The van der Waals surface area contributed by atoms with E-state index in [1.165, 1.54) is 10.4 Å². The minimum atomic E-state index is -3.77. The SMILES string of the molecule is C/C(=C\c1cccc(S(=O)(=O)N2CC[C@@H](O)C2)c1)[C@H]1OC(=O)C[C@H](O)CC[C@H](C)[C@@H](OC(=O)N2CCN(C)CC2)/C=C\[C@@H]1C. The van der Waals surface area contributed by atoms with Crippen LogP contribution < -0.4 is 0 Å². The maximum Gasteiger partial charge on any atom is 0.410 e. The lowest BCUT2D eigenvalue weighted by Crippen LogP contribution is -2.48. The molecule has 0 saturated carbocycles. The molecular weight excluding hydrogens is 586 g/mol. The number of hydrogen-bond acceptors (Lipinski definition) is 9. The third-order valence-electron chi connectivity index (χ3n) is 8.72. The van der Waals surface area contributed by atoms with Crippen molar-refractivity contribution in [1.29, 1.82) is 0 Å². The summed E-state index contributed by atoms with van der Waals surface area (Å²) in [6.07, 6.45) is 3.54. The van der Waals surface area contributed by atoms with Crippen LogP contribution in [0.4, 0.5) is 4.79 Å². The minimum Gasteiger partial charge on any atom is -0.457 e. The van der Waals surface area contributed by atoms with E-state index in [1.54, 1.807) is 29.2 Å². The van der Waals surface area contributed by atoms with Crippen LogP contribution in [0.25, 0.3) is 6.08 Å². The number of sulfonamides is 1. The molecule has 1 amide bonds. The second-order valence-electron chi connectivity index (χ2n) is 12.5. The maximum absolute atomic E-state index is 13.2. The summed E-state index contributed by atoms with van der Waals surface area (Å²) < 4.78 is 39.5. The number of piperazine rings is 1. The summed E-state index contributed by atoms with van der Waals surface area (Å²) in [5.74, 6) is -0.927. The van der Waals surface area contributed by atoms with Gasteiger partial charge < -0.3 is 29.5 Å². The number of carbonyl (C=O) groups excluding carboxylic acids is 2. The van der Waals surface area contributed by atoms with Crippen molar-refractivity contribution in [3.8, 4) is 0 Å². The fourth-order valence-electron chi connectivity index (χ4n) is 5.82. The predicted molar refractivity (Wildman–Crippen MR) is 166 cm³/mol. The molecule has 1 aromatic rings. The van der Waals surface area contributed by atoms with E-state index in [-0.39, 0.29) is 42.3 Å². The number of esters is 1. The standard InChI is InChI=1S/C32H47N3O8S/c1-22-8-10-26(36)20-30(38)43-31(23(2)9-11-29(22)42-32(39)34-16-14-33(4)15-17-34)24(3)18-25-6-5-7-28(19-25)44(40,41)35-13-12-27(37)21-35/h5-7,9,11,18-19,22-23,26-27,29,31,36-37H,8,10,12-17,20-21H2,1-4H3/b11-9-,24-18+/t22-,23-,26+,27+,29-,31-/m0/s1. The molecule has 2 N–H and O–H groups in total. The fraction of sp³-hybridized carbons (Fsp3) is 0.625. The van der Waals surface area contributed by atoms with Gasteiger partial charge in [0.15, 0.2) is 0 Å². The first kappa shape index (κ1) is 34.1. The van der Waals surface area contributed by atoms with Crippen molar-refractivity contribution in [3.63, 3.8) is 0 Å². The van der Waals surface area contributed by atoms with Gasteiger partial charge in [0.05, 0.1) is 23.5 Å². The number of cyclic esters (lactones) is 1. The number of amides is 1. The lowest BCUT2D eigenvalue weighted by Gasteiger charge is -2.33. The van der Waals surface area contributed by atoms with Crippen LogP contribution in [0.5, 0.6) is 0 Å². The van der Waals surface area contributed by atoms with Gasteiger partial charge in [-0.2, -0.15) is 4.31 Å². The van der Waals surface area contributed by atoms with Crippen LogP contribution in [0, 0.1) is 11.8 Å². The van der Waals surface area contributed by atoms with Gasteiger partial charge in [-0.05, 0) is 68.5 Å². The second kappa shape index (κ2) is 15.0. The lowest BCUT2D eigenvalue weighted by atomic mass is 9.91. The van der Waals surface area contributed by atoms with Gasteiger partial charge in [0, 0.05) is 45.2 Å². The summed E-state index contributed by atoms with van der Waals surface area (Å²) in [5.41, 5.74) is 1.31. The van der Waals surface area contributed by atoms with Gasteiger partial charge in [-0.1, -0.05) is 38.1 Å². The Hall–Kier alpha value is -2.77. The first-order valence-electron chi connectivity index (χ1n) is 15.5. The number of β-amino-alcohol motifs (C(OH)–C–C–N with tert-alkyl or cyclic N) is 1. The molecule has 3 aliphatic heterocycles. The highest BCUT2D eigenvalue weighted by Gasteiger charge is 2.32. The lowest BCUT2D eigenvalue weighted by molar-refractivity contribution is -0.151. The van der Waals surface area contributed by atoms with Crippen molar-refractivity contribution in [1.82, 2.24) is 14.1 Å². The highest BCUT2D eigenvalue weighted by Crippen LogP contribution is 2.27. The highest BCUT2D eigenvalue weighted by atomic mass is 32.2. The molecular formula is C32H47N3O8S. The molecule has 0 aromatic heterocycles. The topological polar surface area (TPSA) is 137 Å². The zero-order chi connectivity index (χ0) is 32.0. The van der Waals surface area contributed by atoms with Gasteiger partial charge in [0.25, 0.3) is 0 Å². The average Bonchev–Trinajstić information content (AvgIpc) is 3.43. The Labute approximate surface area is 261 Å². The summed E-state index contributed by atoms with van der Waals surface area (Å²) in [4.78, 5) is 29.9. The summed E-state index contributed by atoms with van der Waals surface area (Å²) in [6.45, 7) is 8.78. The molecule has 0 aliphatic carbocycles. The Bertz CT molecular complexity index is 1320. The zero-order valence-corrected chi connectivity index (χ0v) is 27.0. The van der Waals surface area contributed by atoms with Crippen LogP contribution in [-0.4, -0.2) is 116 Å². The van der Waals surface area contributed by atoms with Crippen LogP contribution in [0.1, 0.15) is 52.0 Å². The largest absolute Gasteiger partial charge is 0.457 e. The van der Waals surface area contributed by atoms with Crippen molar-refractivity contribution in [2.45, 2.75) is 75.8 Å². The van der Waals surface area contributed by atoms with Crippen molar-refractivity contribution in [2.24, 2.45) is 11.8 Å². The van der Waals surface area contributed by atoms with Crippen molar-refractivity contribution in [3.05, 3.63) is 47.6 Å². The van der Waals surface area contributed by atoms with E-state index in [2.05, 4.69) is 4.90 Å². The number of aliphatic hydroxyl groups excluding tert-OH is 2. The monoisotopic (exact) mass is 633 g/mol. The molecule has 0 spiro atoms. The van der Waals surface area contributed by atoms with E-state index in [9.17, 15) is 28.2 Å². The van der Waals surface area contributed by atoms with E-state index in [1.807, 2.05) is 40.0 Å². The van der Waals surface area contributed by atoms with Crippen LogP contribution in [0.15, 0.2) is 46.9 Å². The van der Waals surface area contributed by atoms with Gasteiger partial charge >= 0.3 is 12.1 Å². The van der Waals surface area contributed by atoms with Crippen LogP contribution in [0.2, 0.25) is 0 Å². The molecule has 0 radical (unpaired) electrons. The summed E-state index contributed by atoms with van der Waals surface area (Å²) in [6, 6.07) is 6.53. The number of hydrogen-bond donors (Lipinski definition) is 2. The third kappa shape index (κ3) is 8.91. The average molecular weight is 634 g/mol. The van der Waals surface area contributed by atoms with Crippen molar-refractivity contribution >= 4 is 28.2 Å². The van der Waals surface area contributed by atoms with Crippen LogP contribution >= 0.6 is 0 Å². The molecule has 4 rings (SSSR count).